The molecule has 0 saturated heterocycles. The Kier molecular flexibility index (Phi) is 3.52. The zero-order chi connectivity index (χ0) is 14.3. The van der Waals surface area contributed by atoms with Crippen molar-refractivity contribution >= 4 is 9.84 Å². The maximum Gasteiger partial charge on any atom is 0.148 e. The summed E-state index contributed by atoms with van der Waals surface area (Å²) in [5.41, 5.74) is 7.98. The van der Waals surface area contributed by atoms with Crippen molar-refractivity contribution in [2.24, 2.45) is 5.73 Å². The minimum absolute atomic E-state index is 0.153. The molecule has 0 aliphatic heterocycles. The lowest BCUT2D eigenvalue weighted by Gasteiger charge is -2.39. The Morgan fingerprint density at radius 1 is 1.21 bits per heavy atom. The monoisotopic (exact) mass is 281 g/mol. The highest BCUT2D eigenvalue weighted by atomic mass is 32.2. The number of nitrogens with two attached hydrogens (primary N) is 1. The molecule has 19 heavy (non-hydrogen) atoms. The predicted octanol–water partition coefficient (Wildman–Crippen LogP) is 2.35. The van der Waals surface area contributed by atoms with Crippen LogP contribution in [-0.2, 0) is 20.8 Å². The molecule has 0 spiro atoms. The van der Waals surface area contributed by atoms with Crippen molar-refractivity contribution in [1.82, 2.24) is 0 Å². The second-order valence-electron chi connectivity index (χ2n) is 6.54. The first-order valence-corrected chi connectivity index (χ1v) is 8.76. The molecule has 2 rings (SSSR count). The van der Waals surface area contributed by atoms with Gasteiger partial charge in [0.05, 0.1) is 5.75 Å². The summed E-state index contributed by atoms with van der Waals surface area (Å²) >= 11 is 0. The fourth-order valence-corrected chi connectivity index (χ4v) is 4.32. The van der Waals surface area contributed by atoms with Gasteiger partial charge in [0, 0.05) is 17.2 Å². The Balaban J connectivity index is 2.22. The molecule has 1 aromatic rings. The number of hydrogen-bond donors (Lipinski definition) is 1. The van der Waals surface area contributed by atoms with Gasteiger partial charge >= 0.3 is 0 Å². The lowest BCUT2D eigenvalue weighted by Crippen LogP contribution is -2.43. The Bertz CT molecular complexity index is 554. The van der Waals surface area contributed by atoms with Gasteiger partial charge in [0.1, 0.15) is 9.84 Å². The molecule has 0 unspecified atom stereocenters. The minimum Gasteiger partial charge on any atom is -0.321 e. The standard InChI is InChI=1S/C15H23NO2S/c1-14(2,11-19(3,17)18)12-5-7-13(8-6-12)15(16)9-4-10-15/h5-8H,4,9-11,16H2,1-3H3. The molecule has 1 aliphatic carbocycles. The van der Waals surface area contributed by atoms with Crippen LogP contribution in [0.5, 0.6) is 0 Å². The fourth-order valence-electron chi connectivity index (χ4n) is 2.84. The van der Waals surface area contributed by atoms with Crippen molar-refractivity contribution in [3.05, 3.63) is 35.4 Å². The van der Waals surface area contributed by atoms with E-state index in [0.717, 1.165) is 24.0 Å². The van der Waals surface area contributed by atoms with E-state index in [9.17, 15) is 8.42 Å². The molecule has 0 heterocycles. The van der Waals surface area contributed by atoms with Crippen LogP contribution >= 0.6 is 0 Å². The third kappa shape index (κ3) is 3.18. The highest BCUT2D eigenvalue weighted by Gasteiger charge is 2.34. The average molecular weight is 281 g/mol. The maximum atomic E-state index is 11.5. The number of hydrogen-bond acceptors (Lipinski definition) is 3. The number of sulfone groups is 1. The smallest absolute Gasteiger partial charge is 0.148 e. The van der Waals surface area contributed by atoms with Crippen molar-refractivity contribution in [3.8, 4) is 0 Å². The van der Waals surface area contributed by atoms with Crippen molar-refractivity contribution in [3.63, 3.8) is 0 Å². The first-order chi connectivity index (χ1) is 8.62. The van der Waals surface area contributed by atoms with Gasteiger partial charge in [-0.3, -0.25) is 0 Å². The van der Waals surface area contributed by atoms with E-state index >= 15 is 0 Å². The normalized spacial score (nSPS) is 18.9. The van der Waals surface area contributed by atoms with Crippen molar-refractivity contribution in [1.29, 1.82) is 0 Å². The largest absolute Gasteiger partial charge is 0.321 e. The molecule has 4 heteroatoms. The second-order valence-corrected chi connectivity index (χ2v) is 8.68. The molecule has 106 valence electrons. The van der Waals surface area contributed by atoms with Crippen molar-refractivity contribution in [2.45, 2.75) is 44.1 Å². The Morgan fingerprint density at radius 2 is 1.74 bits per heavy atom. The quantitative estimate of drug-likeness (QED) is 0.921. The molecule has 3 nitrogen and oxygen atoms in total. The zero-order valence-corrected chi connectivity index (χ0v) is 12.8. The summed E-state index contributed by atoms with van der Waals surface area (Å²) in [4.78, 5) is 0. The van der Waals surface area contributed by atoms with Crippen LogP contribution in [0, 0.1) is 0 Å². The van der Waals surface area contributed by atoms with E-state index in [1.165, 1.54) is 12.7 Å². The second kappa shape index (κ2) is 4.60. The van der Waals surface area contributed by atoms with Gasteiger partial charge in [0.2, 0.25) is 0 Å². The van der Waals surface area contributed by atoms with E-state index in [-0.39, 0.29) is 16.7 Å². The Hall–Kier alpha value is -0.870. The highest BCUT2D eigenvalue weighted by molar-refractivity contribution is 7.90. The molecule has 1 aliphatic rings. The molecule has 0 radical (unpaired) electrons. The SMILES string of the molecule is CC(C)(CS(C)(=O)=O)c1ccc(C2(N)CCC2)cc1. The fraction of sp³-hybridized carbons (Fsp3) is 0.600. The van der Waals surface area contributed by atoms with E-state index in [4.69, 9.17) is 5.73 Å². The first kappa shape index (κ1) is 14.5. The lowest BCUT2D eigenvalue weighted by molar-refractivity contribution is 0.253. The van der Waals surface area contributed by atoms with Gasteiger partial charge in [0.15, 0.2) is 0 Å². The van der Waals surface area contributed by atoms with Gasteiger partial charge in [-0.05, 0) is 30.4 Å². The van der Waals surface area contributed by atoms with Crippen LogP contribution in [0.1, 0.15) is 44.2 Å². The highest BCUT2D eigenvalue weighted by Crippen LogP contribution is 2.39. The van der Waals surface area contributed by atoms with Gasteiger partial charge in [-0.15, -0.1) is 0 Å². The molecule has 1 fully saturated rings. The van der Waals surface area contributed by atoms with Crippen molar-refractivity contribution < 1.29 is 8.42 Å². The van der Waals surface area contributed by atoms with Crippen LogP contribution in [-0.4, -0.2) is 20.4 Å². The summed E-state index contributed by atoms with van der Waals surface area (Å²) in [6.07, 6.45) is 4.56. The Labute approximate surface area is 116 Å². The van der Waals surface area contributed by atoms with Crippen LogP contribution in [0.3, 0.4) is 0 Å². The van der Waals surface area contributed by atoms with Crippen LogP contribution in [0.2, 0.25) is 0 Å². The van der Waals surface area contributed by atoms with E-state index in [1.54, 1.807) is 0 Å². The molecule has 0 bridgehead atoms. The van der Waals surface area contributed by atoms with Gasteiger partial charge in [-0.2, -0.15) is 0 Å². The van der Waals surface area contributed by atoms with E-state index < -0.39 is 9.84 Å². The molecule has 1 saturated carbocycles. The van der Waals surface area contributed by atoms with Gasteiger partial charge in [-0.1, -0.05) is 38.1 Å². The van der Waals surface area contributed by atoms with Crippen LogP contribution in [0.25, 0.3) is 0 Å². The summed E-state index contributed by atoms with van der Waals surface area (Å²) in [7, 11) is -2.99. The van der Waals surface area contributed by atoms with E-state index in [0.29, 0.717) is 0 Å². The maximum absolute atomic E-state index is 11.5. The molecular weight excluding hydrogens is 258 g/mol. The molecule has 2 N–H and O–H groups in total. The minimum atomic E-state index is -2.99. The van der Waals surface area contributed by atoms with Crippen LogP contribution in [0.15, 0.2) is 24.3 Å². The molecule has 0 amide bonds. The molecule has 0 atom stereocenters. The van der Waals surface area contributed by atoms with Crippen LogP contribution < -0.4 is 5.73 Å². The Morgan fingerprint density at radius 3 is 2.11 bits per heavy atom. The lowest BCUT2D eigenvalue weighted by atomic mass is 9.72. The number of rotatable bonds is 4. The van der Waals surface area contributed by atoms with Crippen molar-refractivity contribution in [2.75, 3.05) is 12.0 Å². The zero-order valence-electron chi connectivity index (χ0n) is 11.9. The van der Waals surface area contributed by atoms with Gasteiger partial charge in [0.25, 0.3) is 0 Å². The molecular formula is C15H23NO2S. The average Bonchev–Trinajstić information content (AvgIpc) is 2.23. The summed E-state index contributed by atoms with van der Waals surface area (Å²) in [6.45, 7) is 3.93. The molecule has 1 aromatic carbocycles. The molecule has 0 aromatic heterocycles. The third-order valence-electron chi connectivity index (χ3n) is 4.11. The van der Waals surface area contributed by atoms with Gasteiger partial charge < -0.3 is 5.73 Å². The summed E-state index contributed by atoms with van der Waals surface area (Å²) < 4.78 is 23.0. The van der Waals surface area contributed by atoms with Crippen LogP contribution in [0.4, 0.5) is 0 Å². The number of benzene rings is 1. The third-order valence-corrected chi connectivity index (χ3v) is 5.36. The summed E-state index contributed by atoms with van der Waals surface area (Å²) in [6, 6.07) is 8.15. The van der Waals surface area contributed by atoms with E-state index in [2.05, 4.69) is 12.1 Å². The summed E-state index contributed by atoms with van der Waals surface area (Å²) in [5.74, 6) is 0.160. The first-order valence-electron chi connectivity index (χ1n) is 6.70. The summed E-state index contributed by atoms with van der Waals surface area (Å²) in [5, 5.41) is 0. The predicted molar refractivity (Wildman–Crippen MR) is 78.9 cm³/mol. The topological polar surface area (TPSA) is 60.2 Å². The van der Waals surface area contributed by atoms with E-state index in [1.807, 2.05) is 26.0 Å². The van der Waals surface area contributed by atoms with Gasteiger partial charge in [-0.25, -0.2) is 8.42 Å².